The molecular weight excluding hydrogens is 130 g/mol. The maximum Gasteiger partial charge on any atom is 0.231 e. The van der Waals surface area contributed by atoms with Crippen molar-refractivity contribution in [1.82, 2.24) is 5.32 Å². The molecule has 0 aliphatic carbocycles. The third-order valence-electron chi connectivity index (χ3n) is 1.68. The average molecular weight is 140 g/mol. The zero-order valence-electron chi connectivity index (χ0n) is 5.72. The zero-order chi connectivity index (χ0) is 7.40. The molecule has 1 radical (unpaired) electrons. The Morgan fingerprint density at radius 3 is 3.00 bits per heavy atom. The van der Waals surface area contributed by atoms with Gasteiger partial charge < -0.3 is 5.32 Å². The molecule has 0 spiro atoms. The minimum atomic E-state index is -0.512. The van der Waals surface area contributed by atoms with E-state index < -0.39 is 5.92 Å². The Morgan fingerprint density at radius 1 is 1.50 bits per heavy atom. The molecular formula is C7H10NO2. The van der Waals surface area contributed by atoms with Crippen molar-refractivity contribution in [3.8, 4) is 0 Å². The molecule has 1 unspecified atom stereocenters. The molecule has 1 aliphatic rings. The highest BCUT2D eigenvalue weighted by atomic mass is 16.2. The fraction of sp³-hybridized carbons (Fsp3) is 0.714. The molecule has 3 nitrogen and oxygen atoms in total. The quantitative estimate of drug-likeness (QED) is 0.521. The Balaban J connectivity index is 2.51. The van der Waals surface area contributed by atoms with Gasteiger partial charge in [-0.25, -0.2) is 0 Å². The lowest BCUT2D eigenvalue weighted by Gasteiger charge is -2.01. The number of rotatable bonds is 1. The van der Waals surface area contributed by atoms with E-state index in [1.165, 1.54) is 0 Å². The van der Waals surface area contributed by atoms with Gasteiger partial charge in [0.2, 0.25) is 12.2 Å². The molecule has 0 aromatic carbocycles. The summed E-state index contributed by atoms with van der Waals surface area (Å²) in [6.45, 7) is 0.705. The Bertz CT molecular complexity index is 145. The van der Waals surface area contributed by atoms with E-state index in [1.807, 2.05) is 0 Å². The lowest BCUT2D eigenvalue weighted by atomic mass is 10.1. The van der Waals surface area contributed by atoms with Gasteiger partial charge in [0.05, 0.1) is 0 Å². The molecule has 1 rings (SSSR count). The number of amides is 1. The summed E-state index contributed by atoms with van der Waals surface area (Å²) in [4.78, 5) is 21.0. The van der Waals surface area contributed by atoms with Crippen LogP contribution in [0.2, 0.25) is 0 Å². The summed E-state index contributed by atoms with van der Waals surface area (Å²) in [5.74, 6) is -0.671. The first kappa shape index (κ1) is 7.25. The number of nitrogens with one attached hydrogen (secondary N) is 1. The van der Waals surface area contributed by atoms with Crippen molar-refractivity contribution in [3.63, 3.8) is 0 Å². The molecule has 1 saturated heterocycles. The lowest BCUT2D eigenvalue weighted by molar-refractivity contribution is -0.122. The Morgan fingerprint density at radius 2 is 2.30 bits per heavy atom. The summed E-state index contributed by atoms with van der Waals surface area (Å²) in [6.07, 6.45) is 4.31. The molecule has 1 heterocycles. The highest BCUT2D eigenvalue weighted by molar-refractivity contribution is 5.91. The molecule has 1 N–H and O–H groups in total. The molecule has 10 heavy (non-hydrogen) atoms. The van der Waals surface area contributed by atoms with Gasteiger partial charge >= 0.3 is 0 Å². The predicted molar refractivity (Wildman–Crippen MR) is 36.0 cm³/mol. The van der Waals surface area contributed by atoms with Crippen molar-refractivity contribution >= 4 is 12.2 Å². The second-order valence-electron chi connectivity index (χ2n) is 2.46. The average Bonchev–Trinajstić information content (AvgIpc) is 2.13. The molecule has 1 aliphatic heterocycles. The summed E-state index contributed by atoms with van der Waals surface area (Å²) < 4.78 is 0. The van der Waals surface area contributed by atoms with E-state index in [4.69, 9.17) is 0 Å². The SMILES string of the molecule is O=[C]C1CCCCNC1=O. The lowest BCUT2D eigenvalue weighted by Crippen LogP contribution is -2.29. The fourth-order valence-corrected chi connectivity index (χ4v) is 1.05. The first-order chi connectivity index (χ1) is 4.84. The van der Waals surface area contributed by atoms with Gasteiger partial charge in [-0.05, 0) is 12.8 Å². The standard InChI is InChI=1S/C7H10NO2/c9-5-6-3-1-2-4-8-7(6)10/h6H,1-4H2,(H,8,10). The maximum absolute atomic E-state index is 10.9. The van der Waals surface area contributed by atoms with Gasteiger partial charge in [0.1, 0.15) is 5.92 Å². The van der Waals surface area contributed by atoms with Crippen molar-refractivity contribution in [2.24, 2.45) is 5.92 Å². The minimum absolute atomic E-state index is 0.160. The summed E-state index contributed by atoms with van der Waals surface area (Å²) in [5.41, 5.74) is 0. The molecule has 0 aromatic heterocycles. The van der Waals surface area contributed by atoms with Crippen LogP contribution < -0.4 is 5.32 Å². The van der Waals surface area contributed by atoms with Crippen LogP contribution in [0.3, 0.4) is 0 Å². The first-order valence-electron chi connectivity index (χ1n) is 3.50. The van der Waals surface area contributed by atoms with Gasteiger partial charge in [-0.15, -0.1) is 0 Å². The molecule has 0 bridgehead atoms. The summed E-state index contributed by atoms with van der Waals surface area (Å²) >= 11 is 0. The molecule has 1 fully saturated rings. The third kappa shape index (κ3) is 1.56. The van der Waals surface area contributed by atoms with Crippen LogP contribution >= 0.6 is 0 Å². The minimum Gasteiger partial charge on any atom is -0.355 e. The van der Waals surface area contributed by atoms with Crippen LogP contribution in [-0.4, -0.2) is 18.7 Å². The van der Waals surface area contributed by atoms with Crippen molar-refractivity contribution in [3.05, 3.63) is 0 Å². The van der Waals surface area contributed by atoms with E-state index >= 15 is 0 Å². The summed E-state index contributed by atoms with van der Waals surface area (Å²) in [6, 6.07) is 0. The van der Waals surface area contributed by atoms with E-state index in [1.54, 1.807) is 6.29 Å². The monoisotopic (exact) mass is 140 g/mol. The van der Waals surface area contributed by atoms with Gasteiger partial charge in [0, 0.05) is 6.54 Å². The Kier molecular flexibility index (Phi) is 2.42. The highest BCUT2D eigenvalue weighted by Crippen LogP contribution is 2.09. The predicted octanol–water partition coefficient (Wildman–Crippen LogP) is 0.0124. The van der Waals surface area contributed by atoms with Gasteiger partial charge in [0.15, 0.2) is 0 Å². The highest BCUT2D eigenvalue weighted by Gasteiger charge is 2.19. The molecule has 1 atom stereocenters. The van der Waals surface area contributed by atoms with Crippen molar-refractivity contribution in [2.75, 3.05) is 6.54 Å². The van der Waals surface area contributed by atoms with E-state index in [0.29, 0.717) is 13.0 Å². The zero-order valence-corrected chi connectivity index (χ0v) is 5.72. The van der Waals surface area contributed by atoms with Crippen LogP contribution in [0.4, 0.5) is 0 Å². The van der Waals surface area contributed by atoms with Crippen LogP contribution in [-0.2, 0) is 9.59 Å². The molecule has 0 aromatic rings. The summed E-state index contributed by atoms with van der Waals surface area (Å²) in [5, 5.41) is 2.64. The largest absolute Gasteiger partial charge is 0.355 e. The van der Waals surface area contributed by atoms with Crippen LogP contribution in [0.1, 0.15) is 19.3 Å². The van der Waals surface area contributed by atoms with Crippen LogP contribution in [0.15, 0.2) is 0 Å². The molecule has 3 heteroatoms. The van der Waals surface area contributed by atoms with E-state index in [0.717, 1.165) is 12.8 Å². The van der Waals surface area contributed by atoms with Gasteiger partial charge in [-0.2, -0.15) is 0 Å². The van der Waals surface area contributed by atoms with Gasteiger partial charge in [-0.1, -0.05) is 6.42 Å². The smallest absolute Gasteiger partial charge is 0.231 e. The topological polar surface area (TPSA) is 46.2 Å². The molecule has 55 valence electrons. The van der Waals surface area contributed by atoms with E-state index in [-0.39, 0.29) is 5.91 Å². The number of carbonyl (C=O) groups excluding carboxylic acids is 2. The van der Waals surface area contributed by atoms with Gasteiger partial charge in [-0.3, -0.25) is 9.59 Å². The van der Waals surface area contributed by atoms with Crippen molar-refractivity contribution < 1.29 is 9.59 Å². The maximum atomic E-state index is 10.9. The van der Waals surface area contributed by atoms with Crippen LogP contribution in [0.5, 0.6) is 0 Å². The van der Waals surface area contributed by atoms with E-state index in [9.17, 15) is 9.59 Å². The number of hydrogen-bond donors (Lipinski definition) is 1. The molecule has 1 amide bonds. The van der Waals surface area contributed by atoms with Crippen molar-refractivity contribution in [1.29, 1.82) is 0 Å². The number of hydrogen-bond acceptors (Lipinski definition) is 2. The third-order valence-corrected chi connectivity index (χ3v) is 1.68. The Labute approximate surface area is 59.8 Å². The molecule has 0 saturated carbocycles. The normalized spacial score (nSPS) is 26.8. The number of carbonyl (C=O) groups is 1. The first-order valence-corrected chi connectivity index (χ1v) is 3.50. The fourth-order valence-electron chi connectivity index (χ4n) is 1.05. The van der Waals surface area contributed by atoms with Gasteiger partial charge in [0.25, 0.3) is 0 Å². The van der Waals surface area contributed by atoms with Crippen molar-refractivity contribution in [2.45, 2.75) is 19.3 Å². The summed E-state index contributed by atoms with van der Waals surface area (Å²) in [7, 11) is 0. The van der Waals surface area contributed by atoms with Crippen LogP contribution in [0, 0.1) is 5.92 Å². The second-order valence-corrected chi connectivity index (χ2v) is 2.46. The van der Waals surface area contributed by atoms with Crippen LogP contribution in [0.25, 0.3) is 0 Å². The van der Waals surface area contributed by atoms with E-state index in [2.05, 4.69) is 5.32 Å². The second kappa shape index (κ2) is 3.34. The Hall–Kier alpha value is -0.860.